The molecule has 130 valence electrons. The quantitative estimate of drug-likeness (QED) is 0.681. The van der Waals surface area contributed by atoms with E-state index >= 15 is 0 Å². The number of para-hydroxylation sites is 1. The number of aryl methyl sites for hydroxylation is 1. The molecule has 25 heavy (non-hydrogen) atoms. The van der Waals surface area contributed by atoms with Crippen LogP contribution in [-0.2, 0) is 0 Å². The van der Waals surface area contributed by atoms with Gasteiger partial charge in [0, 0.05) is 5.56 Å². The van der Waals surface area contributed by atoms with E-state index in [4.69, 9.17) is 9.47 Å². The fourth-order valence-corrected chi connectivity index (χ4v) is 2.77. The molecule has 0 bridgehead atoms. The SMILES string of the molecule is Cc1cccc(C(=O)NC(C)c2ccc3c(c2)OCCO3)c1[N+](=O)[O-]. The number of fused-ring (bicyclic) bond motifs is 1. The molecule has 2 aromatic carbocycles. The maximum absolute atomic E-state index is 12.5. The van der Waals surface area contributed by atoms with E-state index in [1.165, 1.54) is 6.07 Å². The van der Waals surface area contributed by atoms with E-state index in [1.807, 2.05) is 19.1 Å². The van der Waals surface area contributed by atoms with Crippen molar-refractivity contribution in [3.63, 3.8) is 0 Å². The number of carbonyl (C=O) groups excluding carboxylic acids is 1. The van der Waals surface area contributed by atoms with Crippen LogP contribution in [0, 0.1) is 17.0 Å². The van der Waals surface area contributed by atoms with E-state index in [0.29, 0.717) is 30.3 Å². The maximum atomic E-state index is 12.5. The Labute approximate surface area is 144 Å². The smallest absolute Gasteiger partial charge is 0.285 e. The van der Waals surface area contributed by atoms with Crippen molar-refractivity contribution in [3.8, 4) is 11.5 Å². The van der Waals surface area contributed by atoms with Gasteiger partial charge in [0.25, 0.3) is 11.6 Å². The van der Waals surface area contributed by atoms with Gasteiger partial charge in [-0.3, -0.25) is 14.9 Å². The summed E-state index contributed by atoms with van der Waals surface area (Å²) in [6, 6.07) is 9.79. The van der Waals surface area contributed by atoms with Crippen LogP contribution in [0.2, 0.25) is 0 Å². The first-order valence-electron chi connectivity index (χ1n) is 7.92. The lowest BCUT2D eigenvalue weighted by molar-refractivity contribution is -0.385. The van der Waals surface area contributed by atoms with Crippen LogP contribution < -0.4 is 14.8 Å². The summed E-state index contributed by atoms with van der Waals surface area (Å²) in [5, 5.41) is 14.1. The van der Waals surface area contributed by atoms with Gasteiger partial charge in [0.15, 0.2) is 11.5 Å². The fourth-order valence-electron chi connectivity index (χ4n) is 2.77. The normalized spacial score (nSPS) is 13.8. The maximum Gasteiger partial charge on any atom is 0.285 e. The number of hydrogen-bond acceptors (Lipinski definition) is 5. The van der Waals surface area contributed by atoms with Crippen LogP contribution in [0.15, 0.2) is 36.4 Å². The molecule has 2 aromatic rings. The average molecular weight is 342 g/mol. The van der Waals surface area contributed by atoms with Gasteiger partial charge in [0.05, 0.1) is 11.0 Å². The van der Waals surface area contributed by atoms with Crippen LogP contribution in [0.25, 0.3) is 0 Å². The van der Waals surface area contributed by atoms with Crippen molar-refractivity contribution in [1.82, 2.24) is 5.32 Å². The van der Waals surface area contributed by atoms with E-state index in [1.54, 1.807) is 25.1 Å². The number of carbonyl (C=O) groups is 1. The molecule has 1 atom stereocenters. The second-order valence-electron chi connectivity index (χ2n) is 5.83. The summed E-state index contributed by atoms with van der Waals surface area (Å²) in [5.41, 5.74) is 1.15. The van der Waals surface area contributed by atoms with Gasteiger partial charge >= 0.3 is 0 Å². The van der Waals surface area contributed by atoms with Crippen LogP contribution in [0.1, 0.15) is 34.5 Å². The van der Waals surface area contributed by atoms with Crippen molar-refractivity contribution in [2.24, 2.45) is 0 Å². The summed E-state index contributed by atoms with van der Waals surface area (Å²) in [6.07, 6.45) is 0. The van der Waals surface area contributed by atoms with Crippen molar-refractivity contribution in [2.45, 2.75) is 19.9 Å². The predicted molar refractivity (Wildman–Crippen MR) is 91.1 cm³/mol. The number of rotatable bonds is 4. The summed E-state index contributed by atoms with van der Waals surface area (Å²) >= 11 is 0. The van der Waals surface area contributed by atoms with Crippen molar-refractivity contribution >= 4 is 11.6 Å². The Balaban J connectivity index is 1.82. The monoisotopic (exact) mass is 342 g/mol. The van der Waals surface area contributed by atoms with E-state index in [0.717, 1.165) is 5.56 Å². The third-order valence-corrected chi connectivity index (χ3v) is 4.08. The lowest BCUT2D eigenvalue weighted by Crippen LogP contribution is -2.27. The summed E-state index contributed by atoms with van der Waals surface area (Å²) in [5.74, 6) is 0.812. The Morgan fingerprint density at radius 3 is 2.64 bits per heavy atom. The molecule has 3 rings (SSSR count). The molecule has 0 saturated heterocycles. The largest absolute Gasteiger partial charge is 0.486 e. The molecule has 1 aliphatic heterocycles. The fraction of sp³-hybridized carbons (Fsp3) is 0.278. The van der Waals surface area contributed by atoms with Crippen LogP contribution in [-0.4, -0.2) is 24.0 Å². The topological polar surface area (TPSA) is 90.7 Å². The number of ether oxygens (including phenoxy) is 2. The molecular weight excluding hydrogens is 324 g/mol. The lowest BCUT2D eigenvalue weighted by Gasteiger charge is -2.21. The van der Waals surface area contributed by atoms with E-state index in [2.05, 4.69) is 5.32 Å². The van der Waals surface area contributed by atoms with Gasteiger partial charge in [-0.1, -0.05) is 18.2 Å². The second kappa shape index (κ2) is 6.80. The number of benzene rings is 2. The first-order chi connectivity index (χ1) is 12.0. The molecule has 1 unspecified atom stereocenters. The summed E-state index contributed by atoms with van der Waals surface area (Å²) in [4.78, 5) is 23.3. The van der Waals surface area contributed by atoms with Gasteiger partial charge in [-0.25, -0.2) is 0 Å². The number of nitrogens with zero attached hydrogens (tertiary/aromatic N) is 1. The molecule has 7 nitrogen and oxygen atoms in total. The molecule has 0 spiro atoms. The van der Waals surface area contributed by atoms with E-state index in [9.17, 15) is 14.9 Å². The highest BCUT2D eigenvalue weighted by Gasteiger charge is 2.24. The number of hydrogen-bond donors (Lipinski definition) is 1. The Hall–Kier alpha value is -3.09. The lowest BCUT2D eigenvalue weighted by atomic mass is 10.0. The number of nitro benzene ring substituents is 1. The zero-order chi connectivity index (χ0) is 18.0. The van der Waals surface area contributed by atoms with Crippen LogP contribution in [0.3, 0.4) is 0 Å². The Morgan fingerprint density at radius 1 is 1.20 bits per heavy atom. The average Bonchev–Trinajstić information content (AvgIpc) is 2.60. The Bertz CT molecular complexity index is 834. The summed E-state index contributed by atoms with van der Waals surface area (Å²) < 4.78 is 11.0. The van der Waals surface area contributed by atoms with Gasteiger partial charge in [0.2, 0.25) is 0 Å². The molecule has 0 aliphatic carbocycles. The molecule has 1 amide bonds. The molecular formula is C18H18N2O5. The van der Waals surface area contributed by atoms with Gasteiger partial charge in [-0.05, 0) is 37.6 Å². The van der Waals surface area contributed by atoms with Gasteiger partial charge in [-0.2, -0.15) is 0 Å². The first kappa shape index (κ1) is 16.8. The standard InChI is InChI=1S/C18H18N2O5/c1-11-4-3-5-14(17(11)20(22)23)18(21)19-12(2)13-6-7-15-16(10-13)25-9-8-24-15/h3-7,10,12H,8-9H2,1-2H3,(H,19,21). The molecule has 0 aromatic heterocycles. The van der Waals surface area contributed by atoms with Crippen LogP contribution in [0.4, 0.5) is 5.69 Å². The zero-order valence-electron chi connectivity index (χ0n) is 13.9. The van der Waals surface area contributed by atoms with Gasteiger partial charge in [-0.15, -0.1) is 0 Å². The predicted octanol–water partition coefficient (Wildman–Crippen LogP) is 3.17. The Morgan fingerprint density at radius 2 is 1.92 bits per heavy atom. The first-order valence-corrected chi connectivity index (χ1v) is 7.92. The number of nitrogens with one attached hydrogen (secondary N) is 1. The molecule has 0 saturated carbocycles. The summed E-state index contributed by atoms with van der Waals surface area (Å²) in [7, 11) is 0. The molecule has 0 fully saturated rings. The van der Waals surface area contributed by atoms with E-state index < -0.39 is 10.8 Å². The van der Waals surface area contributed by atoms with Crippen molar-refractivity contribution in [3.05, 3.63) is 63.2 Å². The number of nitro groups is 1. The Kier molecular flexibility index (Phi) is 4.56. The van der Waals surface area contributed by atoms with Crippen LogP contribution in [0.5, 0.6) is 11.5 Å². The van der Waals surface area contributed by atoms with Gasteiger partial charge < -0.3 is 14.8 Å². The van der Waals surface area contributed by atoms with Crippen LogP contribution >= 0.6 is 0 Å². The molecule has 7 heteroatoms. The highest BCUT2D eigenvalue weighted by Crippen LogP contribution is 2.33. The molecule has 1 heterocycles. The summed E-state index contributed by atoms with van der Waals surface area (Å²) in [6.45, 7) is 4.41. The van der Waals surface area contributed by atoms with Gasteiger partial charge in [0.1, 0.15) is 18.8 Å². The van der Waals surface area contributed by atoms with E-state index in [-0.39, 0.29) is 17.3 Å². The highest BCUT2D eigenvalue weighted by atomic mass is 16.6. The third kappa shape index (κ3) is 3.40. The highest BCUT2D eigenvalue weighted by molar-refractivity contribution is 5.98. The molecule has 0 radical (unpaired) electrons. The second-order valence-corrected chi connectivity index (χ2v) is 5.83. The minimum absolute atomic E-state index is 0.0504. The van der Waals surface area contributed by atoms with Crippen molar-refractivity contribution in [2.75, 3.05) is 13.2 Å². The third-order valence-electron chi connectivity index (χ3n) is 4.08. The molecule has 1 N–H and O–H groups in total. The minimum atomic E-state index is -0.529. The zero-order valence-corrected chi connectivity index (χ0v) is 13.9. The minimum Gasteiger partial charge on any atom is -0.486 e. The molecule has 1 aliphatic rings. The number of amides is 1. The van der Waals surface area contributed by atoms with Crippen molar-refractivity contribution in [1.29, 1.82) is 0 Å². The van der Waals surface area contributed by atoms with Crippen molar-refractivity contribution < 1.29 is 19.2 Å².